The Labute approximate surface area is 363 Å². The molecule has 6 rings (SSSR count). The van der Waals surface area contributed by atoms with Crippen molar-refractivity contribution < 1.29 is 62.9 Å². The molecule has 2 saturated carbocycles. The molecule has 346 valence electrons. The highest BCUT2D eigenvalue weighted by Crippen LogP contribution is 2.41. The molecule has 4 aromatic rings. The van der Waals surface area contributed by atoms with Crippen LogP contribution in [0.25, 0.3) is 0 Å². The second-order valence-corrected chi connectivity index (χ2v) is 16.6. The van der Waals surface area contributed by atoms with E-state index in [1.54, 1.807) is 24.3 Å². The Morgan fingerprint density at radius 1 is 0.381 bits per heavy atom. The van der Waals surface area contributed by atoms with E-state index in [4.69, 9.17) is 9.47 Å². The van der Waals surface area contributed by atoms with E-state index >= 15 is 0 Å². The minimum absolute atomic E-state index is 0.255. The van der Waals surface area contributed by atoms with E-state index in [0.29, 0.717) is 11.8 Å². The molecule has 0 N–H and O–H groups in total. The normalized spacial score (nSPS) is 19.7. The van der Waals surface area contributed by atoms with Crippen LogP contribution in [0, 0.1) is 11.8 Å². The fraction of sp³-hybridized carbons (Fsp3) is 0.510. The van der Waals surface area contributed by atoms with Crippen LogP contribution in [0.2, 0.25) is 0 Å². The van der Waals surface area contributed by atoms with Crippen molar-refractivity contribution in [3.05, 3.63) is 119 Å². The van der Waals surface area contributed by atoms with Crippen molar-refractivity contribution in [2.75, 3.05) is 0 Å². The molecule has 63 heavy (non-hydrogen) atoms. The average molecular weight is 899 g/mol. The molecule has 0 atom stereocenters. The number of hydrogen-bond acceptors (Lipinski definition) is 4. The van der Waals surface area contributed by atoms with E-state index in [2.05, 4.69) is 23.3 Å². The molecule has 2 aliphatic carbocycles. The number of rotatable bonds is 17. The summed E-state index contributed by atoms with van der Waals surface area (Å²) in [6.45, 7) is 4.41. The lowest BCUT2D eigenvalue weighted by molar-refractivity contribution is -0.275. The molecule has 0 saturated heterocycles. The van der Waals surface area contributed by atoms with E-state index in [0.717, 1.165) is 97.2 Å². The van der Waals surface area contributed by atoms with Crippen LogP contribution >= 0.6 is 0 Å². The van der Waals surface area contributed by atoms with Gasteiger partial charge in [0, 0.05) is 0 Å². The standard InChI is InChI=1S/C25H29F5O2.C24H27F5O2/c1-2-3-4-5-18-6-8-19(9-7-18)20-10-12-21(13-11-20)24(26,27)31-22-14-16-23(17-15-22)32-25(28,29)30;1-2-3-4-17-5-7-18(8-6-17)19-9-11-20(12-10-19)23(25,26)30-21-13-15-22(16-14-21)31-24(27,28)29/h10-19H,2-9H2,1H3;9-18H,2-8H2,1H3. The summed E-state index contributed by atoms with van der Waals surface area (Å²) in [7, 11) is 0. The van der Waals surface area contributed by atoms with Crippen LogP contribution in [0.3, 0.4) is 0 Å². The van der Waals surface area contributed by atoms with E-state index in [1.807, 2.05) is 0 Å². The maximum Gasteiger partial charge on any atom is 0.573 e. The third kappa shape index (κ3) is 16.2. The van der Waals surface area contributed by atoms with Crippen molar-refractivity contribution in [3.8, 4) is 23.0 Å². The molecular formula is C49H56F10O4. The Kier molecular flexibility index (Phi) is 17.5. The van der Waals surface area contributed by atoms with Crippen LogP contribution in [0.1, 0.15) is 144 Å². The van der Waals surface area contributed by atoms with Crippen LogP contribution in [-0.4, -0.2) is 12.7 Å². The largest absolute Gasteiger partial charge is 0.573 e. The summed E-state index contributed by atoms with van der Waals surface area (Å²) in [5.41, 5.74) is 1.51. The summed E-state index contributed by atoms with van der Waals surface area (Å²) >= 11 is 0. The van der Waals surface area contributed by atoms with Gasteiger partial charge in [0.25, 0.3) is 0 Å². The Morgan fingerprint density at radius 3 is 0.984 bits per heavy atom. The molecule has 2 aliphatic rings. The first-order chi connectivity index (χ1) is 29.8. The Hall–Kier alpha value is -4.62. The molecule has 0 aliphatic heterocycles. The van der Waals surface area contributed by atoms with E-state index < -0.39 is 36.4 Å². The van der Waals surface area contributed by atoms with E-state index in [-0.39, 0.29) is 22.6 Å². The molecule has 0 spiro atoms. The lowest BCUT2D eigenvalue weighted by atomic mass is 9.77. The summed E-state index contributed by atoms with van der Waals surface area (Å²) in [6, 6.07) is 20.1. The molecule has 4 nitrogen and oxygen atoms in total. The van der Waals surface area contributed by atoms with Crippen LogP contribution in [0.5, 0.6) is 23.0 Å². The number of alkyl halides is 10. The summed E-state index contributed by atoms with van der Waals surface area (Å²) in [4.78, 5) is 0. The Morgan fingerprint density at radius 2 is 0.683 bits per heavy atom. The molecule has 0 aromatic heterocycles. The van der Waals surface area contributed by atoms with Crippen molar-refractivity contribution in [3.63, 3.8) is 0 Å². The fourth-order valence-corrected chi connectivity index (χ4v) is 8.48. The van der Waals surface area contributed by atoms with Crippen LogP contribution < -0.4 is 18.9 Å². The zero-order valence-corrected chi connectivity index (χ0v) is 35.6. The van der Waals surface area contributed by atoms with Gasteiger partial charge in [-0.15, -0.1) is 26.3 Å². The van der Waals surface area contributed by atoms with Gasteiger partial charge in [-0.2, -0.15) is 17.6 Å². The predicted octanol–water partition coefficient (Wildman–Crippen LogP) is 16.7. The van der Waals surface area contributed by atoms with Crippen molar-refractivity contribution in [2.45, 2.75) is 147 Å². The Bertz CT molecular complexity index is 1910. The fourth-order valence-electron chi connectivity index (χ4n) is 8.48. The summed E-state index contributed by atoms with van der Waals surface area (Å²) < 4.78 is 148. The van der Waals surface area contributed by atoms with Gasteiger partial charge >= 0.3 is 24.9 Å². The highest BCUT2D eigenvalue weighted by atomic mass is 19.4. The topological polar surface area (TPSA) is 36.9 Å². The van der Waals surface area contributed by atoms with Crippen molar-refractivity contribution in [1.82, 2.24) is 0 Å². The molecule has 0 radical (unpaired) electrons. The van der Waals surface area contributed by atoms with Crippen LogP contribution in [0.4, 0.5) is 43.9 Å². The molecule has 0 unspecified atom stereocenters. The Balaban J connectivity index is 0.000000238. The summed E-state index contributed by atoms with van der Waals surface area (Å²) in [5, 5.41) is 0. The van der Waals surface area contributed by atoms with Gasteiger partial charge in [-0.05, 0) is 159 Å². The SMILES string of the molecule is CCCCC1CCC(c2ccc(C(F)(F)Oc3ccc(OC(F)(F)F)cc3)cc2)CC1.CCCCCC1CCC(c2ccc(C(F)(F)Oc3ccc(OC(F)(F)F)cc3)cc2)CC1. The van der Waals surface area contributed by atoms with Crippen LogP contribution in [-0.2, 0) is 12.2 Å². The number of halogens is 10. The number of benzene rings is 4. The molecular weight excluding hydrogens is 843 g/mol. The second-order valence-electron chi connectivity index (χ2n) is 16.6. The second kappa shape index (κ2) is 22.3. The van der Waals surface area contributed by atoms with Gasteiger partial charge in [0.05, 0.1) is 11.1 Å². The quantitative estimate of drug-likeness (QED) is 0.0782. The van der Waals surface area contributed by atoms with Crippen LogP contribution in [0.15, 0.2) is 97.1 Å². The smallest absolute Gasteiger partial charge is 0.429 e. The molecule has 0 heterocycles. The third-order valence-corrected chi connectivity index (χ3v) is 11.9. The van der Waals surface area contributed by atoms with Crippen molar-refractivity contribution in [1.29, 1.82) is 0 Å². The molecule has 0 bridgehead atoms. The van der Waals surface area contributed by atoms with E-state index in [1.165, 1.54) is 94.9 Å². The highest BCUT2D eigenvalue weighted by Gasteiger charge is 2.37. The van der Waals surface area contributed by atoms with Gasteiger partial charge in [-0.3, -0.25) is 0 Å². The van der Waals surface area contributed by atoms with E-state index in [9.17, 15) is 43.9 Å². The summed E-state index contributed by atoms with van der Waals surface area (Å²) in [6.07, 6.45) is 0.958. The van der Waals surface area contributed by atoms with Gasteiger partial charge in [-0.1, -0.05) is 83.1 Å². The third-order valence-electron chi connectivity index (χ3n) is 11.9. The molecule has 14 heteroatoms. The van der Waals surface area contributed by atoms with Gasteiger partial charge < -0.3 is 18.9 Å². The van der Waals surface area contributed by atoms with Crippen molar-refractivity contribution >= 4 is 0 Å². The lowest BCUT2D eigenvalue weighted by Gasteiger charge is -2.29. The first-order valence-corrected chi connectivity index (χ1v) is 21.9. The summed E-state index contributed by atoms with van der Waals surface area (Å²) in [5.74, 6) is 0.826. The number of ether oxygens (including phenoxy) is 4. The number of unbranched alkanes of at least 4 members (excludes halogenated alkanes) is 3. The molecule has 4 aromatic carbocycles. The van der Waals surface area contributed by atoms with Gasteiger partial charge in [0.15, 0.2) is 0 Å². The number of hydrogen-bond donors (Lipinski definition) is 0. The van der Waals surface area contributed by atoms with Gasteiger partial charge in [0.1, 0.15) is 23.0 Å². The molecule has 0 amide bonds. The first kappa shape index (κ1) is 49.4. The minimum Gasteiger partial charge on any atom is -0.429 e. The maximum atomic E-state index is 14.6. The minimum atomic E-state index is -4.84. The first-order valence-electron chi connectivity index (χ1n) is 21.9. The lowest BCUT2D eigenvalue weighted by Crippen LogP contribution is -2.22. The zero-order chi connectivity index (χ0) is 45.7. The monoisotopic (exact) mass is 898 g/mol. The van der Waals surface area contributed by atoms with Gasteiger partial charge in [0.2, 0.25) is 0 Å². The zero-order valence-electron chi connectivity index (χ0n) is 35.6. The van der Waals surface area contributed by atoms with Crippen molar-refractivity contribution in [2.24, 2.45) is 11.8 Å². The average Bonchev–Trinajstić information content (AvgIpc) is 3.24. The highest BCUT2D eigenvalue weighted by molar-refractivity contribution is 5.35. The maximum absolute atomic E-state index is 14.6. The predicted molar refractivity (Wildman–Crippen MR) is 221 cm³/mol. The molecule has 2 fully saturated rings. The van der Waals surface area contributed by atoms with Gasteiger partial charge in [-0.25, -0.2) is 0 Å².